The zero-order valence-electron chi connectivity index (χ0n) is 17.0. The number of carbonyl (C=O) groups is 2. The maximum atomic E-state index is 13.2. The topological polar surface area (TPSA) is 89.0 Å². The van der Waals surface area contributed by atoms with Crippen LogP contribution in [0.2, 0.25) is 5.02 Å². The fraction of sp³-hybridized carbons (Fsp3) is 0.0870. The Bertz CT molecular complexity index is 1140. The summed E-state index contributed by atoms with van der Waals surface area (Å²) < 4.78 is 24.3. The molecule has 0 unspecified atom stereocenters. The summed E-state index contributed by atoms with van der Waals surface area (Å²) in [4.78, 5) is 23.8. The largest absolute Gasteiger partial charge is 0.493 e. The highest BCUT2D eigenvalue weighted by Crippen LogP contribution is 2.28. The van der Waals surface area contributed by atoms with Gasteiger partial charge in [-0.05, 0) is 47.5 Å². The quantitative estimate of drug-likeness (QED) is 0.318. The molecule has 164 valence electrons. The summed E-state index contributed by atoms with van der Waals surface area (Å²) in [5, 5.41) is 5.89. The molecule has 3 aromatic carbocycles. The Balaban J connectivity index is 1.56. The van der Waals surface area contributed by atoms with Crippen LogP contribution in [0, 0.1) is 5.82 Å². The number of carbonyl (C=O) groups excluding carboxylic acids is 2. The minimum atomic E-state index is -1.00. The lowest BCUT2D eigenvalue weighted by atomic mass is 10.2. The van der Waals surface area contributed by atoms with Crippen LogP contribution in [0.15, 0.2) is 71.8 Å². The summed E-state index contributed by atoms with van der Waals surface area (Å²) in [5.41, 5.74) is 3.92. The van der Waals surface area contributed by atoms with Crippen LogP contribution in [-0.4, -0.2) is 25.1 Å². The van der Waals surface area contributed by atoms with E-state index in [1.165, 1.54) is 25.5 Å². The van der Waals surface area contributed by atoms with Crippen LogP contribution in [0.3, 0.4) is 0 Å². The molecule has 3 aromatic rings. The summed E-state index contributed by atoms with van der Waals surface area (Å²) in [6, 6.07) is 18.4. The molecule has 7 nitrogen and oxygen atoms in total. The van der Waals surface area contributed by atoms with Crippen LogP contribution in [0.1, 0.15) is 11.1 Å². The van der Waals surface area contributed by atoms with Gasteiger partial charge in [0.05, 0.1) is 18.3 Å². The minimum Gasteiger partial charge on any atom is -0.493 e. The normalized spacial score (nSPS) is 10.6. The van der Waals surface area contributed by atoms with Gasteiger partial charge < -0.3 is 14.8 Å². The van der Waals surface area contributed by atoms with Gasteiger partial charge in [0.25, 0.3) is 0 Å². The maximum absolute atomic E-state index is 13.2. The second kappa shape index (κ2) is 10.9. The van der Waals surface area contributed by atoms with Crippen molar-refractivity contribution in [1.29, 1.82) is 0 Å². The highest BCUT2D eigenvalue weighted by Gasteiger charge is 2.14. The molecule has 0 radical (unpaired) electrons. The summed E-state index contributed by atoms with van der Waals surface area (Å²) in [7, 11) is 1.51. The number of halogens is 2. The Labute approximate surface area is 188 Å². The fourth-order valence-corrected chi connectivity index (χ4v) is 2.78. The summed E-state index contributed by atoms with van der Waals surface area (Å²) in [6.07, 6.45) is 1.35. The molecular formula is C23H19ClFN3O4. The first kappa shape index (κ1) is 22.8. The number of nitrogens with one attached hydrogen (secondary N) is 2. The van der Waals surface area contributed by atoms with Gasteiger partial charge in [-0.15, -0.1) is 0 Å². The molecule has 0 bridgehead atoms. The van der Waals surface area contributed by atoms with Crippen molar-refractivity contribution in [1.82, 2.24) is 5.43 Å². The van der Waals surface area contributed by atoms with E-state index in [4.69, 9.17) is 21.1 Å². The highest BCUT2D eigenvalue weighted by atomic mass is 35.5. The van der Waals surface area contributed by atoms with E-state index in [-0.39, 0.29) is 10.7 Å². The number of rotatable bonds is 7. The van der Waals surface area contributed by atoms with E-state index in [1.54, 1.807) is 18.2 Å². The van der Waals surface area contributed by atoms with Crippen LogP contribution < -0.4 is 20.2 Å². The van der Waals surface area contributed by atoms with Crippen molar-refractivity contribution in [3.05, 3.63) is 88.7 Å². The molecule has 0 aliphatic heterocycles. The molecule has 0 aliphatic rings. The monoisotopic (exact) mass is 455 g/mol. The van der Waals surface area contributed by atoms with Gasteiger partial charge in [-0.3, -0.25) is 9.59 Å². The summed E-state index contributed by atoms with van der Waals surface area (Å²) >= 11 is 5.65. The molecule has 3 rings (SSSR count). The predicted molar refractivity (Wildman–Crippen MR) is 120 cm³/mol. The van der Waals surface area contributed by atoms with E-state index in [1.807, 2.05) is 30.3 Å². The van der Waals surface area contributed by atoms with E-state index in [0.29, 0.717) is 23.7 Å². The van der Waals surface area contributed by atoms with Crippen molar-refractivity contribution in [3.8, 4) is 11.5 Å². The highest BCUT2D eigenvalue weighted by molar-refractivity contribution is 6.39. The first-order valence-corrected chi connectivity index (χ1v) is 9.78. The van der Waals surface area contributed by atoms with Gasteiger partial charge in [-0.2, -0.15) is 5.10 Å². The maximum Gasteiger partial charge on any atom is 0.329 e. The summed E-state index contributed by atoms with van der Waals surface area (Å²) in [6.45, 7) is 0.384. The molecule has 0 atom stereocenters. The number of anilines is 1. The number of amides is 2. The molecule has 0 heterocycles. The number of hydrazone groups is 1. The van der Waals surface area contributed by atoms with E-state index >= 15 is 0 Å². The van der Waals surface area contributed by atoms with Gasteiger partial charge in [0.15, 0.2) is 11.5 Å². The molecule has 0 fully saturated rings. The molecule has 0 spiro atoms. The van der Waals surface area contributed by atoms with Gasteiger partial charge in [0.1, 0.15) is 12.4 Å². The number of hydrogen-bond acceptors (Lipinski definition) is 5. The zero-order chi connectivity index (χ0) is 22.9. The third kappa shape index (κ3) is 6.29. The van der Waals surface area contributed by atoms with E-state index < -0.39 is 17.6 Å². The number of benzene rings is 3. The third-order valence-corrected chi connectivity index (χ3v) is 4.48. The van der Waals surface area contributed by atoms with Crippen molar-refractivity contribution in [2.75, 3.05) is 12.4 Å². The van der Waals surface area contributed by atoms with E-state index in [9.17, 15) is 14.0 Å². The first-order valence-electron chi connectivity index (χ1n) is 9.40. The van der Waals surface area contributed by atoms with Crippen molar-refractivity contribution < 1.29 is 23.5 Å². The number of methoxy groups -OCH3 is 1. The van der Waals surface area contributed by atoms with Gasteiger partial charge in [0.2, 0.25) is 0 Å². The lowest BCUT2D eigenvalue weighted by Gasteiger charge is -2.11. The predicted octanol–water partition coefficient (Wildman–Crippen LogP) is 4.16. The number of ether oxygens (including phenoxy) is 2. The second-order valence-corrected chi connectivity index (χ2v) is 6.87. The van der Waals surface area contributed by atoms with Gasteiger partial charge in [0, 0.05) is 5.69 Å². The van der Waals surface area contributed by atoms with Crippen molar-refractivity contribution in [2.45, 2.75) is 6.61 Å². The lowest BCUT2D eigenvalue weighted by Crippen LogP contribution is -2.32. The molecule has 0 saturated carbocycles. The standard InChI is InChI=1S/C23H19ClFN3O4/c1-31-21-11-16(7-10-20(21)32-14-15-5-3-2-4-6-15)13-26-28-23(30)22(29)27-17-8-9-19(25)18(24)12-17/h2-13H,14H2,1H3,(H,27,29)(H,28,30). The van der Waals surface area contributed by atoms with Gasteiger partial charge in [-0.25, -0.2) is 9.82 Å². The third-order valence-electron chi connectivity index (χ3n) is 4.19. The van der Waals surface area contributed by atoms with Crippen molar-refractivity contribution >= 4 is 35.3 Å². The molecule has 9 heteroatoms. The van der Waals surface area contributed by atoms with E-state index in [0.717, 1.165) is 11.6 Å². The second-order valence-electron chi connectivity index (χ2n) is 6.47. The van der Waals surface area contributed by atoms with Crippen LogP contribution >= 0.6 is 11.6 Å². The van der Waals surface area contributed by atoms with E-state index in [2.05, 4.69) is 15.8 Å². The van der Waals surface area contributed by atoms with Crippen molar-refractivity contribution in [2.24, 2.45) is 5.10 Å². The number of hydrogen-bond donors (Lipinski definition) is 2. The first-order chi connectivity index (χ1) is 15.5. The molecule has 0 aromatic heterocycles. The van der Waals surface area contributed by atoms with Crippen LogP contribution in [0.4, 0.5) is 10.1 Å². The smallest absolute Gasteiger partial charge is 0.329 e. The van der Waals surface area contributed by atoms with Crippen LogP contribution in [-0.2, 0) is 16.2 Å². The van der Waals surface area contributed by atoms with Crippen LogP contribution in [0.25, 0.3) is 0 Å². The molecule has 0 saturated heterocycles. The molecule has 2 N–H and O–H groups in total. The lowest BCUT2D eigenvalue weighted by molar-refractivity contribution is -0.136. The minimum absolute atomic E-state index is 0.175. The Morgan fingerprint density at radius 1 is 1.03 bits per heavy atom. The fourth-order valence-electron chi connectivity index (χ4n) is 2.60. The Hall–Kier alpha value is -3.91. The van der Waals surface area contributed by atoms with Crippen LogP contribution in [0.5, 0.6) is 11.5 Å². The SMILES string of the molecule is COc1cc(C=NNC(=O)C(=O)Nc2ccc(F)c(Cl)c2)ccc1OCc1ccccc1. The molecule has 32 heavy (non-hydrogen) atoms. The van der Waals surface area contributed by atoms with Crippen molar-refractivity contribution in [3.63, 3.8) is 0 Å². The average Bonchev–Trinajstić information content (AvgIpc) is 2.81. The Kier molecular flexibility index (Phi) is 7.77. The molecular weight excluding hydrogens is 437 g/mol. The summed E-state index contributed by atoms with van der Waals surface area (Å²) in [5.74, 6) is -1.58. The number of nitrogens with zero attached hydrogens (tertiary/aromatic N) is 1. The zero-order valence-corrected chi connectivity index (χ0v) is 17.7. The molecule has 0 aliphatic carbocycles. The molecule has 2 amide bonds. The Morgan fingerprint density at radius 2 is 1.81 bits per heavy atom. The van der Waals surface area contributed by atoms with Gasteiger partial charge in [-0.1, -0.05) is 41.9 Å². The Morgan fingerprint density at radius 3 is 2.53 bits per heavy atom. The van der Waals surface area contributed by atoms with Gasteiger partial charge >= 0.3 is 11.8 Å². The average molecular weight is 456 g/mol.